The zero-order chi connectivity index (χ0) is 19.1. The van der Waals surface area contributed by atoms with Crippen LogP contribution in [0.5, 0.6) is 11.5 Å². The third-order valence-corrected chi connectivity index (χ3v) is 4.63. The monoisotopic (exact) mass is 383 g/mol. The highest BCUT2D eigenvalue weighted by molar-refractivity contribution is 6.32. The normalized spacial score (nSPS) is 16.8. The van der Waals surface area contributed by atoms with Crippen molar-refractivity contribution in [2.24, 2.45) is 5.92 Å². The van der Waals surface area contributed by atoms with Gasteiger partial charge in [0.25, 0.3) is 0 Å². The number of halogens is 1. The van der Waals surface area contributed by atoms with Crippen molar-refractivity contribution in [1.29, 1.82) is 0 Å². The van der Waals surface area contributed by atoms with Gasteiger partial charge >= 0.3 is 5.97 Å². The third-order valence-electron chi connectivity index (χ3n) is 4.35. The zero-order valence-corrected chi connectivity index (χ0v) is 16.1. The van der Waals surface area contributed by atoms with Gasteiger partial charge in [0.15, 0.2) is 11.5 Å². The molecule has 1 unspecified atom stereocenters. The van der Waals surface area contributed by atoms with E-state index in [9.17, 15) is 9.59 Å². The predicted molar refractivity (Wildman–Crippen MR) is 99.1 cm³/mol. The Morgan fingerprint density at radius 3 is 2.73 bits per heavy atom. The van der Waals surface area contributed by atoms with Gasteiger partial charge < -0.3 is 19.5 Å². The first kappa shape index (κ1) is 20.4. The van der Waals surface area contributed by atoms with Crippen molar-refractivity contribution in [3.05, 3.63) is 22.7 Å². The second kappa shape index (κ2) is 9.67. The molecule has 1 N–H and O–H groups in total. The maximum Gasteiger partial charge on any atom is 0.308 e. The Hall–Kier alpha value is -1.95. The van der Waals surface area contributed by atoms with Crippen molar-refractivity contribution in [3.63, 3.8) is 0 Å². The molecule has 1 aliphatic rings. The zero-order valence-electron chi connectivity index (χ0n) is 15.3. The third kappa shape index (κ3) is 5.27. The van der Waals surface area contributed by atoms with Gasteiger partial charge in [0.1, 0.15) is 0 Å². The van der Waals surface area contributed by atoms with Crippen LogP contribution in [-0.2, 0) is 16.0 Å². The minimum atomic E-state index is -0.920. The van der Waals surface area contributed by atoms with Crippen LogP contribution in [0.25, 0.3) is 0 Å². The molecule has 0 aliphatic carbocycles. The standard InChI is InChI=1S/C19H26ClNO5/c1-3-5-8-26-18-15(20)9-13(10-16(18)25-4-2)6-7-21-12-14(19(23)24)11-17(21)22/h9-10,14H,3-8,11-12H2,1-2H3,(H,23,24). The van der Waals surface area contributed by atoms with Gasteiger partial charge in [0, 0.05) is 19.5 Å². The Balaban J connectivity index is 2.05. The molecule has 1 aromatic rings. The second-order valence-electron chi connectivity index (χ2n) is 6.37. The van der Waals surface area contributed by atoms with Gasteiger partial charge in [-0.15, -0.1) is 0 Å². The number of carbonyl (C=O) groups is 2. The van der Waals surface area contributed by atoms with E-state index >= 15 is 0 Å². The fourth-order valence-electron chi connectivity index (χ4n) is 2.91. The lowest BCUT2D eigenvalue weighted by atomic mass is 10.1. The van der Waals surface area contributed by atoms with Crippen LogP contribution in [0.15, 0.2) is 12.1 Å². The smallest absolute Gasteiger partial charge is 0.308 e. The summed E-state index contributed by atoms with van der Waals surface area (Å²) in [5.41, 5.74) is 0.924. The number of aliphatic carboxylic acids is 1. The van der Waals surface area contributed by atoms with Crippen LogP contribution in [-0.4, -0.2) is 48.2 Å². The van der Waals surface area contributed by atoms with E-state index in [0.717, 1.165) is 18.4 Å². The lowest BCUT2D eigenvalue weighted by Crippen LogP contribution is -2.28. The summed E-state index contributed by atoms with van der Waals surface area (Å²) < 4.78 is 11.4. The number of benzene rings is 1. The quantitative estimate of drug-likeness (QED) is 0.627. The molecule has 0 aromatic heterocycles. The van der Waals surface area contributed by atoms with E-state index in [4.69, 9.17) is 26.2 Å². The number of carbonyl (C=O) groups excluding carboxylic acids is 1. The lowest BCUT2D eigenvalue weighted by molar-refractivity contribution is -0.141. The van der Waals surface area contributed by atoms with Crippen LogP contribution in [0.2, 0.25) is 5.02 Å². The average molecular weight is 384 g/mol. The first-order chi connectivity index (χ1) is 12.5. The molecule has 1 aliphatic heterocycles. The Labute approximate surface area is 159 Å². The van der Waals surface area contributed by atoms with Crippen LogP contribution in [0.3, 0.4) is 0 Å². The number of unbranched alkanes of at least 4 members (excludes halogenated alkanes) is 1. The molecule has 1 atom stereocenters. The molecular weight excluding hydrogens is 358 g/mol. The Bertz CT molecular complexity index is 649. The van der Waals surface area contributed by atoms with Crippen molar-refractivity contribution < 1.29 is 24.2 Å². The highest BCUT2D eigenvalue weighted by atomic mass is 35.5. The summed E-state index contributed by atoms with van der Waals surface area (Å²) in [6.45, 7) is 5.78. The number of ether oxygens (including phenoxy) is 2. The Morgan fingerprint density at radius 1 is 1.35 bits per heavy atom. The van der Waals surface area contributed by atoms with Gasteiger partial charge in [-0.1, -0.05) is 24.9 Å². The summed E-state index contributed by atoms with van der Waals surface area (Å²) in [7, 11) is 0. The fourth-order valence-corrected chi connectivity index (χ4v) is 3.19. The highest BCUT2D eigenvalue weighted by Gasteiger charge is 2.33. The van der Waals surface area contributed by atoms with E-state index in [1.807, 2.05) is 19.1 Å². The van der Waals surface area contributed by atoms with E-state index in [1.165, 1.54) is 0 Å². The molecule has 0 saturated carbocycles. The molecule has 26 heavy (non-hydrogen) atoms. The van der Waals surface area contributed by atoms with Gasteiger partial charge in [0.05, 0.1) is 24.2 Å². The molecule has 144 valence electrons. The molecule has 0 radical (unpaired) electrons. The van der Waals surface area contributed by atoms with Gasteiger partial charge in [-0.25, -0.2) is 0 Å². The SMILES string of the molecule is CCCCOc1c(Cl)cc(CCN2CC(C(=O)O)CC2=O)cc1OCC. The van der Waals surface area contributed by atoms with E-state index in [0.29, 0.717) is 42.7 Å². The Kier molecular flexibility index (Phi) is 7.57. The number of amides is 1. The number of hydrogen-bond acceptors (Lipinski definition) is 4. The molecule has 0 bridgehead atoms. The molecular formula is C19H26ClNO5. The van der Waals surface area contributed by atoms with Crippen LogP contribution in [0, 0.1) is 5.92 Å². The summed E-state index contributed by atoms with van der Waals surface area (Å²) in [6, 6.07) is 3.70. The van der Waals surface area contributed by atoms with Crippen molar-refractivity contribution in [2.75, 3.05) is 26.3 Å². The van der Waals surface area contributed by atoms with Crippen LogP contribution < -0.4 is 9.47 Å². The number of carboxylic acid groups (broad SMARTS) is 1. The number of hydrogen-bond donors (Lipinski definition) is 1. The minimum Gasteiger partial charge on any atom is -0.490 e. The molecule has 2 rings (SSSR count). The highest BCUT2D eigenvalue weighted by Crippen LogP contribution is 2.37. The lowest BCUT2D eigenvalue weighted by Gasteiger charge is -2.18. The maximum absolute atomic E-state index is 11.9. The topological polar surface area (TPSA) is 76.1 Å². The van der Waals surface area contributed by atoms with Gasteiger partial charge in [0.2, 0.25) is 5.91 Å². The Morgan fingerprint density at radius 2 is 2.12 bits per heavy atom. The largest absolute Gasteiger partial charge is 0.490 e. The molecule has 1 fully saturated rings. The minimum absolute atomic E-state index is 0.0739. The van der Waals surface area contributed by atoms with Crippen molar-refractivity contribution in [3.8, 4) is 11.5 Å². The molecule has 1 saturated heterocycles. The fraction of sp³-hybridized carbons (Fsp3) is 0.579. The van der Waals surface area contributed by atoms with E-state index in [1.54, 1.807) is 4.90 Å². The first-order valence-corrected chi connectivity index (χ1v) is 9.42. The molecule has 1 aromatic carbocycles. The summed E-state index contributed by atoms with van der Waals surface area (Å²) in [4.78, 5) is 24.6. The molecule has 1 amide bonds. The van der Waals surface area contributed by atoms with Crippen molar-refractivity contribution in [2.45, 2.75) is 39.5 Å². The molecule has 7 heteroatoms. The van der Waals surface area contributed by atoms with Crippen LogP contribution >= 0.6 is 11.6 Å². The number of nitrogens with zero attached hydrogens (tertiary/aromatic N) is 1. The van der Waals surface area contributed by atoms with Gasteiger partial charge in [-0.3, -0.25) is 9.59 Å². The summed E-state index contributed by atoms with van der Waals surface area (Å²) in [5.74, 6) is -0.500. The summed E-state index contributed by atoms with van der Waals surface area (Å²) >= 11 is 6.37. The second-order valence-corrected chi connectivity index (χ2v) is 6.78. The molecule has 1 heterocycles. The average Bonchev–Trinajstić information content (AvgIpc) is 2.97. The predicted octanol–water partition coefficient (Wildman–Crippen LogP) is 3.39. The first-order valence-electron chi connectivity index (χ1n) is 9.04. The van der Waals surface area contributed by atoms with Gasteiger partial charge in [-0.2, -0.15) is 0 Å². The van der Waals surface area contributed by atoms with Gasteiger partial charge in [-0.05, 0) is 37.5 Å². The van der Waals surface area contributed by atoms with E-state index in [-0.39, 0.29) is 18.9 Å². The number of likely N-dealkylation sites (tertiary alicyclic amines) is 1. The molecule has 6 nitrogen and oxygen atoms in total. The van der Waals surface area contributed by atoms with Crippen molar-refractivity contribution >= 4 is 23.5 Å². The van der Waals surface area contributed by atoms with Crippen LogP contribution in [0.4, 0.5) is 0 Å². The maximum atomic E-state index is 11.9. The van der Waals surface area contributed by atoms with Crippen LogP contribution in [0.1, 0.15) is 38.7 Å². The summed E-state index contributed by atoms with van der Waals surface area (Å²) in [5, 5.41) is 9.54. The summed E-state index contributed by atoms with van der Waals surface area (Å²) in [6.07, 6.45) is 2.62. The molecule has 0 spiro atoms. The van der Waals surface area contributed by atoms with E-state index in [2.05, 4.69) is 6.92 Å². The number of rotatable bonds is 10. The van der Waals surface area contributed by atoms with Crippen molar-refractivity contribution in [1.82, 2.24) is 4.90 Å². The van der Waals surface area contributed by atoms with E-state index < -0.39 is 11.9 Å². The number of carboxylic acids is 1.